The number of aromatic nitrogens is 2. The number of carbonyl (C=O) groups is 1. The van der Waals surface area contributed by atoms with Crippen LogP contribution >= 0.6 is 11.6 Å². The zero-order chi connectivity index (χ0) is 27.0. The Labute approximate surface area is 232 Å². The second-order valence-electron chi connectivity index (χ2n) is 9.83. The van der Waals surface area contributed by atoms with Crippen molar-refractivity contribution in [2.75, 3.05) is 70.0 Å². The van der Waals surface area contributed by atoms with E-state index in [0.717, 1.165) is 55.5 Å². The van der Waals surface area contributed by atoms with Gasteiger partial charge in [-0.3, -0.25) is 4.79 Å². The van der Waals surface area contributed by atoms with E-state index in [2.05, 4.69) is 20.9 Å². The molecule has 3 N–H and O–H groups in total. The van der Waals surface area contributed by atoms with Gasteiger partial charge in [0.15, 0.2) is 11.5 Å². The van der Waals surface area contributed by atoms with E-state index in [9.17, 15) is 4.79 Å². The van der Waals surface area contributed by atoms with Gasteiger partial charge in [-0.15, -0.1) is 11.6 Å². The monoisotopic (exact) mass is 548 g/mol. The van der Waals surface area contributed by atoms with Gasteiger partial charge in [-0.2, -0.15) is 4.98 Å². The number of nitrogens with one attached hydrogen (secondary N) is 3. The molecule has 38 heavy (non-hydrogen) atoms. The van der Waals surface area contributed by atoms with Gasteiger partial charge < -0.3 is 30.3 Å². The highest BCUT2D eigenvalue weighted by atomic mass is 35.5. The number of hydrogen-bond acceptors (Lipinski definition) is 8. The van der Waals surface area contributed by atoms with Gasteiger partial charge in [0, 0.05) is 31.1 Å². The molecule has 1 aliphatic heterocycles. The lowest BCUT2D eigenvalue weighted by Crippen LogP contribution is -2.30. The lowest BCUT2D eigenvalue weighted by molar-refractivity contribution is -0.118. The van der Waals surface area contributed by atoms with Crippen molar-refractivity contribution in [3.05, 3.63) is 12.1 Å². The topological polar surface area (TPSA) is 101 Å². The van der Waals surface area contributed by atoms with Crippen LogP contribution in [0.1, 0.15) is 64.2 Å². The SMILES string of the molecule is COc1cc2nc(NCCCCCNC(=O)CCl)nc(NCCCCCCN3CCCCC3)c2cc1OC. The van der Waals surface area contributed by atoms with Crippen LogP contribution in [0.4, 0.5) is 11.8 Å². The Morgan fingerprint density at radius 2 is 1.53 bits per heavy atom. The summed E-state index contributed by atoms with van der Waals surface area (Å²) in [6.07, 6.45) is 11.8. The smallest absolute Gasteiger partial charge is 0.234 e. The molecule has 1 aromatic heterocycles. The summed E-state index contributed by atoms with van der Waals surface area (Å²) in [5.74, 6) is 2.57. The van der Waals surface area contributed by atoms with Crippen molar-refractivity contribution >= 4 is 40.2 Å². The molecule has 1 saturated heterocycles. The summed E-state index contributed by atoms with van der Waals surface area (Å²) in [4.78, 5) is 23.3. The average Bonchev–Trinajstić information content (AvgIpc) is 2.95. The molecule has 0 spiro atoms. The third-order valence-corrected chi connectivity index (χ3v) is 7.17. The Bertz CT molecular complexity index is 987. The zero-order valence-corrected chi connectivity index (χ0v) is 23.9. The van der Waals surface area contributed by atoms with Crippen LogP contribution in [0.2, 0.25) is 0 Å². The van der Waals surface area contributed by atoms with Gasteiger partial charge in [-0.1, -0.05) is 19.3 Å². The number of halogens is 1. The fraction of sp³-hybridized carbons (Fsp3) is 0.679. The summed E-state index contributed by atoms with van der Waals surface area (Å²) >= 11 is 5.50. The summed E-state index contributed by atoms with van der Waals surface area (Å²) in [7, 11) is 3.27. The van der Waals surface area contributed by atoms with E-state index in [0.29, 0.717) is 24.0 Å². The van der Waals surface area contributed by atoms with Crippen LogP contribution in [0.3, 0.4) is 0 Å². The largest absolute Gasteiger partial charge is 0.493 e. The number of unbranched alkanes of at least 4 members (excludes halogenated alkanes) is 5. The van der Waals surface area contributed by atoms with E-state index in [4.69, 9.17) is 31.0 Å². The number of alkyl halides is 1. The van der Waals surface area contributed by atoms with Crippen LogP contribution in [0.5, 0.6) is 11.5 Å². The number of benzene rings is 1. The molecule has 1 aliphatic rings. The molecule has 1 fully saturated rings. The Hall–Kier alpha value is -2.52. The molecule has 10 heteroatoms. The van der Waals surface area contributed by atoms with Crippen LogP contribution in [0.15, 0.2) is 12.1 Å². The number of hydrogen-bond donors (Lipinski definition) is 3. The standard InChI is InChI=1S/C28H45ClN6O3/c1-37-24-19-22-23(20-25(24)38-2)33-28(32-15-9-5-8-13-30-26(36)21-29)34-27(22)31-14-7-3-4-10-16-35-17-11-6-12-18-35/h19-20H,3-18,21H2,1-2H3,(H,30,36)(H2,31,32,33,34). The lowest BCUT2D eigenvalue weighted by atomic mass is 10.1. The normalized spacial score (nSPS) is 13.9. The minimum Gasteiger partial charge on any atom is -0.493 e. The van der Waals surface area contributed by atoms with E-state index < -0.39 is 0 Å². The Balaban J connectivity index is 1.51. The molecule has 1 amide bonds. The average molecular weight is 549 g/mol. The molecule has 0 aliphatic carbocycles. The summed E-state index contributed by atoms with van der Waals surface area (Å²) in [5, 5.41) is 10.6. The van der Waals surface area contributed by atoms with Gasteiger partial charge in [0.05, 0.1) is 19.7 Å². The maximum Gasteiger partial charge on any atom is 0.234 e. The molecule has 0 bridgehead atoms. The highest BCUT2D eigenvalue weighted by molar-refractivity contribution is 6.27. The number of carbonyl (C=O) groups excluding carboxylic acids is 1. The van der Waals surface area contributed by atoms with Crippen molar-refractivity contribution < 1.29 is 14.3 Å². The van der Waals surface area contributed by atoms with Crippen molar-refractivity contribution in [3.8, 4) is 11.5 Å². The van der Waals surface area contributed by atoms with Gasteiger partial charge >= 0.3 is 0 Å². The van der Waals surface area contributed by atoms with Crippen LogP contribution in [-0.2, 0) is 4.79 Å². The predicted molar refractivity (Wildman–Crippen MR) is 156 cm³/mol. The first-order valence-electron chi connectivity index (χ1n) is 14.1. The van der Waals surface area contributed by atoms with Crippen molar-refractivity contribution in [2.24, 2.45) is 0 Å². The van der Waals surface area contributed by atoms with Crippen molar-refractivity contribution in [1.29, 1.82) is 0 Å². The summed E-state index contributed by atoms with van der Waals surface area (Å²) in [5.41, 5.74) is 0.799. The van der Waals surface area contributed by atoms with Crippen LogP contribution in [-0.4, -0.2) is 80.1 Å². The second-order valence-corrected chi connectivity index (χ2v) is 10.1. The molecule has 1 aromatic carbocycles. The molecular weight excluding hydrogens is 504 g/mol. The lowest BCUT2D eigenvalue weighted by Gasteiger charge is -2.26. The first-order chi connectivity index (χ1) is 18.6. The van der Waals surface area contributed by atoms with Crippen molar-refractivity contribution in [3.63, 3.8) is 0 Å². The number of likely N-dealkylation sites (tertiary alicyclic amines) is 1. The number of fused-ring (bicyclic) bond motifs is 1. The molecule has 3 rings (SSSR count). The van der Waals surface area contributed by atoms with E-state index in [1.54, 1.807) is 14.2 Å². The van der Waals surface area contributed by atoms with Crippen LogP contribution in [0, 0.1) is 0 Å². The van der Waals surface area contributed by atoms with E-state index in [1.807, 2.05) is 12.1 Å². The highest BCUT2D eigenvalue weighted by Crippen LogP contribution is 2.34. The molecule has 0 unspecified atom stereocenters. The van der Waals surface area contributed by atoms with Crippen molar-refractivity contribution in [2.45, 2.75) is 64.2 Å². The highest BCUT2D eigenvalue weighted by Gasteiger charge is 2.13. The first-order valence-corrected chi connectivity index (χ1v) is 14.6. The Kier molecular flexibility index (Phi) is 13.5. The number of amides is 1. The summed E-state index contributed by atoms with van der Waals surface area (Å²) < 4.78 is 11.0. The van der Waals surface area contributed by atoms with Gasteiger partial charge in [-0.05, 0) is 70.6 Å². The van der Waals surface area contributed by atoms with Gasteiger partial charge in [0.2, 0.25) is 11.9 Å². The molecule has 9 nitrogen and oxygen atoms in total. The van der Waals surface area contributed by atoms with Gasteiger partial charge in [0.25, 0.3) is 0 Å². The molecular formula is C28H45ClN6O3. The van der Waals surface area contributed by atoms with Crippen LogP contribution in [0.25, 0.3) is 10.9 Å². The Morgan fingerprint density at radius 1 is 0.868 bits per heavy atom. The second kappa shape index (κ2) is 17.1. The maximum atomic E-state index is 11.2. The quantitative estimate of drug-likeness (QED) is 0.176. The molecule has 0 saturated carbocycles. The maximum absolute atomic E-state index is 11.2. The molecule has 2 aromatic rings. The molecule has 0 atom stereocenters. The number of ether oxygens (including phenoxy) is 2. The number of rotatable bonds is 18. The Morgan fingerprint density at radius 3 is 2.26 bits per heavy atom. The number of anilines is 2. The number of methoxy groups -OCH3 is 2. The van der Waals surface area contributed by atoms with E-state index in [-0.39, 0.29) is 11.8 Å². The van der Waals surface area contributed by atoms with Crippen molar-refractivity contribution in [1.82, 2.24) is 20.2 Å². The summed E-state index contributed by atoms with van der Waals surface area (Å²) in [6.45, 7) is 6.05. The number of piperidine rings is 1. The zero-order valence-electron chi connectivity index (χ0n) is 23.1. The van der Waals surface area contributed by atoms with E-state index in [1.165, 1.54) is 58.2 Å². The minimum atomic E-state index is -0.126. The predicted octanol–water partition coefficient (Wildman–Crippen LogP) is 5.04. The summed E-state index contributed by atoms with van der Waals surface area (Å²) in [6, 6.07) is 3.83. The third-order valence-electron chi connectivity index (χ3n) is 6.92. The van der Waals surface area contributed by atoms with E-state index >= 15 is 0 Å². The van der Waals surface area contributed by atoms with Gasteiger partial charge in [0.1, 0.15) is 11.7 Å². The fourth-order valence-electron chi connectivity index (χ4n) is 4.78. The first kappa shape index (κ1) is 30.0. The molecule has 212 valence electrons. The number of nitrogens with zero attached hydrogens (tertiary/aromatic N) is 3. The van der Waals surface area contributed by atoms with Gasteiger partial charge in [-0.25, -0.2) is 4.98 Å². The fourth-order valence-corrected chi connectivity index (χ4v) is 4.87. The third kappa shape index (κ3) is 9.98. The van der Waals surface area contributed by atoms with Crippen LogP contribution < -0.4 is 25.4 Å². The molecule has 0 radical (unpaired) electrons. The molecule has 2 heterocycles. The minimum absolute atomic E-state index is 0.00657.